The van der Waals surface area contributed by atoms with E-state index in [9.17, 15) is 4.79 Å². The van der Waals surface area contributed by atoms with Crippen molar-refractivity contribution in [3.63, 3.8) is 0 Å². The summed E-state index contributed by atoms with van der Waals surface area (Å²) in [6.45, 7) is 6.77. The lowest BCUT2D eigenvalue weighted by Crippen LogP contribution is -2.42. The minimum atomic E-state index is 0.109. The van der Waals surface area contributed by atoms with Crippen molar-refractivity contribution in [2.24, 2.45) is 0 Å². The predicted octanol–water partition coefficient (Wildman–Crippen LogP) is 1.60. The quantitative estimate of drug-likeness (QED) is 0.879. The number of nitrogens with one attached hydrogen (secondary N) is 1. The molecular formula is C14H21N3O. The first-order valence-electron chi connectivity index (χ1n) is 6.66. The highest BCUT2D eigenvalue weighted by Gasteiger charge is 2.26. The van der Waals surface area contributed by atoms with Gasteiger partial charge in [0.2, 0.25) is 0 Å². The van der Waals surface area contributed by atoms with Gasteiger partial charge >= 0.3 is 0 Å². The molecule has 98 valence electrons. The number of carbonyl (C=O) groups excluding carboxylic acids is 1. The molecule has 1 fully saturated rings. The van der Waals surface area contributed by atoms with Gasteiger partial charge in [0, 0.05) is 31.0 Å². The molecule has 0 spiro atoms. The van der Waals surface area contributed by atoms with Crippen LogP contribution in [0.15, 0.2) is 18.3 Å². The summed E-state index contributed by atoms with van der Waals surface area (Å²) in [7, 11) is 0. The summed E-state index contributed by atoms with van der Waals surface area (Å²) in [5, 5.41) is 3.32. The number of hydrogen-bond donors (Lipinski definition) is 1. The molecule has 4 nitrogen and oxygen atoms in total. The molecule has 0 aliphatic carbocycles. The molecule has 1 aromatic heterocycles. The summed E-state index contributed by atoms with van der Waals surface area (Å²) in [6.07, 6.45) is 3.72. The first-order chi connectivity index (χ1) is 8.72. The zero-order valence-electron chi connectivity index (χ0n) is 11.1. The van der Waals surface area contributed by atoms with Gasteiger partial charge in [-0.15, -0.1) is 0 Å². The predicted molar refractivity (Wildman–Crippen MR) is 71.6 cm³/mol. The molecular weight excluding hydrogens is 226 g/mol. The van der Waals surface area contributed by atoms with Gasteiger partial charge in [-0.25, -0.2) is 0 Å². The molecule has 1 atom stereocenters. The number of amides is 1. The van der Waals surface area contributed by atoms with Crippen LogP contribution in [0.3, 0.4) is 0 Å². The maximum atomic E-state index is 12.5. The van der Waals surface area contributed by atoms with E-state index in [-0.39, 0.29) is 5.91 Å². The van der Waals surface area contributed by atoms with Gasteiger partial charge in [-0.2, -0.15) is 0 Å². The second kappa shape index (κ2) is 5.96. The monoisotopic (exact) mass is 247 g/mol. The molecule has 2 heterocycles. The third-order valence-corrected chi connectivity index (χ3v) is 3.36. The number of rotatable bonds is 4. The second-order valence-electron chi connectivity index (χ2n) is 4.83. The lowest BCUT2D eigenvalue weighted by Gasteiger charge is -2.28. The van der Waals surface area contributed by atoms with E-state index in [2.05, 4.69) is 17.2 Å². The Morgan fingerprint density at radius 2 is 2.39 bits per heavy atom. The Morgan fingerprint density at radius 1 is 1.56 bits per heavy atom. The van der Waals surface area contributed by atoms with E-state index in [1.165, 1.54) is 0 Å². The van der Waals surface area contributed by atoms with Crippen LogP contribution in [0, 0.1) is 6.92 Å². The van der Waals surface area contributed by atoms with E-state index in [4.69, 9.17) is 0 Å². The van der Waals surface area contributed by atoms with Crippen molar-refractivity contribution in [2.45, 2.75) is 32.7 Å². The Morgan fingerprint density at radius 3 is 2.94 bits per heavy atom. The van der Waals surface area contributed by atoms with Crippen molar-refractivity contribution in [3.8, 4) is 0 Å². The van der Waals surface area contributed by atoms with E-state index in [1.54, 1.807) is 6.20 Å². The standard InChI is InChI=1S/C14H21N3O/c1-3-8-17(13-6-7-15-10-13)14(18)12-5-4-11(2)16-9-12/h4-5,9,13,15H,3,6-8,10H2,1-2H3. The van der Waals surface area contributed by atoms with E-state index >= 15 is 0 Å². The van der Waals surface area contributed by atoms with Gasteiger partial charge < -0.3 is 10.2 Å². The number of carbonyl (C=O) groups is 1. The molecule has 4 heteroatoms. The summed E-state index contributed by atoms with van der Waals surface area (Å²) < 4.78 is 0. The molecule has 1 unspecified atom stereocenters. The summed E-state index contributed by atoms with van der Waals surface area (Å²) in [6, 6.07) is 4.10. The van der Waals surface area contributed by atoms with Crippen molar-refractivity contribution in [1.29, 1.82) is 0 Å². The molecule has 0 bridgehead atoms. The van der Waals surface area contributed by atoms with Crippen molar-refractivity contribution in [3.05, 3.63) is 29.6 Å². The molecule has 2 rings (SSSR count). The molecule has 1 aromatic rings. The number of aryl methyl sites for hydroxylation is 1. The zero-order chi connectivity index (χ0) is 13.0. The maximum absolute atomic E-state index is 12.5. The van der Waals surface area contributed by atoms with Crippen LogP contribution >= 0.6 is 0 Å². The Labute approximate surface area is 108 Å². The minimum absolute atomic E-state index is 0.109. The van der Waals surface area contributed by atoms with Crippen molar-refractivity contribution in [1.82, 2.24) is 15.2 Å². The fraction of sp³-hybridized carbons (Fsp3) is 0.571. The normalized spacial score (nSPS) is 18.9. The van der Waals surface area contributed by atoms with Gasteiger partial charge in [0.1, 0.15) is 0 Å². The molecule has 1 N–H and O–H groups in total. The highest BCUT2D eigenvalue weighted by Crippen LogP contribution is 2.14. The first kappa shape index (κ1) is 13.0. The second-order valence-corrected chi connectivity index (χ2v) is 4.83. The third kappa shape index (κ3) is 2.88. The van der Waals surface area contributed by atoms with E-state index < -0.39 is 0 Å². The molecule has 0 aromatic carbocycles. The minimum Gasteiger partial charge on any atom is -0.334 e. The summed E-state index contributed by atoms with van der Waals surface area (Å²) >= 11 is 0. The van der Waals surface area contributed by atoms with E-state index in [0.717, 1.165) is 38.2 Å². The highest BCUT2D eigenvalue weighted by atomic mass is 16.2. The van der Waals surface area contributed by atoms with Crippen LogP contribution in [0.25, 0.3) is 0 Å². The first-order valence-corrected chi connectivity index (χ1v) is 6.66. The van der Waals surface area contributed by atoms with Gasteiger partial charge in [0.25, 0.3) is 5.91 Å². The van der Waals surface area contributed by atoms with Crippen LogP contribution in [0.1, 0.15) is 35.8 Å². The van der Waals surface area contributed by atoms with E-state index in [1.807, 2.05) is 24.0 Å². The highest BCUT2D eigenvalue weighted by molar-refractivity contribution is 5.94. The molecule has 0 saturated carbocycles. The lowest BCUT2D eigenvalue weighted by molar-refractivity contribution is 0.0692. The number of nitrogens with zero attached hydrogens (tertiary/aromatic N) is 2. The van der Waals surface area contributed by atoms with E-state index in [0.29, 0.717) is 11.6 Å². The Balaban J connectivity index is 2.14. The van der Waals surface area contributed by atoms with Crippen LogP contribution in [0.4, 0.5) is 0 Å². The topological polar surface area (TPSA) is 45.2 Å². The van der Waals surface area contributed by atoms with Crippen molar-refractivity contribution < 1.29 is 4.79 Å². The third-order valence-electron chi connectivity index (χ3n) is 3.36. The van der Waals surface area contributed by atoms with Crippen LogP contribution in [-0.2, 0) is 0 Å². The van der Waals surface area contributed by atoms with Crippen molar-refractivity contribution in [2.75, 3.05) is 19.6 Å². The van der Waals surface area contributed by atoms with Crippen LogP contribution in [0.5, 0.6) is 0 Å². The Bertz CT molecular complexity index is 396. The van der Waals surface area contributed by atoms with Gasteiger partial charge in [-0.3, -0.25) is 9.78 Å². The molecule has 1 aliphatic heterocycles. The maximum Gasteiger partial charge on any atom is 0.255 e. The van der Waals surface area contributed by atoms with Crippen LogP contribution in [-0.4, -0.2) is 41.5 Å². The molecule has 1 saturated heterocycles. The Hall–Kier alpha value is -1.42. The van der Waals surface area contributed by atoms with Crippen LogP contribution in [0.2, 0.25) is 0 Å². The fourth-order valence-corrected chi connectivity index (χ4v) is 2.36. The van der Waals surface area contributed by atoms with Gasteiger partial charge in [0.15, 0.2) is 0 Å². The molecule has 1 aliphatic rings. The smallest absolute Gasteiger partial charge is 0.255 e. The molecule has 1 amide bonds. The largest absolute Gasteiger partial charge is 0.334 e. The van der Waals surface area contributed by atoms with Gasteiger partial charge in [0.05, 0.1) is 5.56 Å². The average molecular weight is 247 g/mol. The molecule has 0 radical (unpaired) electrons. The molecule has 18 heavy (non-hydrogen) atoms. The number of hydrogen-bond acceptors (Lipinski definition) is 3. The van der Waals surface area contributed by atoms with Gasteiger partial charge in [-0.1, -0.05) is 6.92 Å². The summed E-state index contributed by atoms with van der Waals surface area (Å²) in [4.78, 5) is 18.7. The lowest BCUT2D eigenvalue weighted by atomic mass is 10.1. The number of aromatic nitrogens is 1. The average Bonchev–Trinajstić information content (AvgIpc) is 2.90. The van der Waals surface area contributed by atoms with Crippen LogP contribution < -0.4 is 5.32 Å². The SMILES string of the molecule is CCCN(C(=O)c1ccc(C)nc1)C1CCNC1. The summed E-state index contributed by atoms with van der Waals surface area (Å²) in [5.41, 5.74) is 1.64. The fourth-order valence-electron chi connectivity index (χ4n) is 2.36. The number of pyridine rings is 1. The van der Waals surface area contributed by atoms with Crippen molar-refractivity contribution >= 4 is 5.91 Å². The Kier molecular flexibility index (Phi) is 4.31. The van der Waals surface area contributed by atoms with Gasteiger partial charge in [-0.05, 0) is 38.4 Å². The zero-order valence-corrected chi connectivity index (χ0v) is 11.1. The summed E-state index contributed by atoms with van der Waals surface area (Å²) in [5.74, 6) is 0.109.